The predicted molar refractivity (Wildman–Crippen MR) is 53.9 cm³/mol. The zero-order valence-electron chi connectivity index (χ0n) is 7.91. The zero-order valence-corrected chi connectivity index (χ0v) is 8.73. The maximum atomic E-state index is 11.0. The molecule has 0 aromatic rings. The van der Waals surface area contributed by atoms with Crippen molar-refractivity contribution in [2.45, 2.75) is 6.42 Å². The lowest BCUT2D eigenvalue weighted by atomic mass is 10.4. The van der Waals surface area contributed by atoms with E-state index in [1.165, 1.54) is 0 Å². The fourth-order valence-corrected chi connectivity index (χ4v) is 1.38. The van der Waals surface area contributed by atoms with E-state index >= 15 is 0 Å². The first kappa shape index (κ1) is 12.7. The molecule has 0 spiro atoms. The second kappa shape index (κ2) is 9.83. The largest absolute Gasteiger partial charge is 0.396 e. The predicted octanol–water partition coefficient (Wildman–Crippen LogP) is -0.135. The van der Waals surface area contributed by atoms with Gasteiger partial charge in [0.1, 0.15) is 0 Å². The van der Waals surface area contributed by atoms with Gasteiger partial charge in [-0.15, -0.1) is 11.8 Å². The van der Waals surface area contributed by atoms with E-state index in [1.54, 1.807) is 18.9 Å². The molecule has 2 N–H and O–H groups in total. The van der Waals surface area contributed by atoms with Crippen molar-refractivity contribution in [1.29, 1.82) is 0 Å². The van der Waals surface area contributed by atoms with Crippen LogP contribution in [0.1, 0.15) is 6.42 Å². The van der Waals surface area contributed by atoms with Crippen LogP contribution in [0, 0.1) is 0 Å². The number of hydrogen-bond donors (Lipinski definition) is 2. The average Bonchev–Trinajstić information content (AvgIpc) is 2.13. The summed E-state index contributed by atoms with van der Waals surface area (Å²) in [7, 11) is 1.64. The van der Waals surface area contributed by atoms with Crippen LogP contribution in [0.2, 0.25) is 0 Å². The third kappa shape index (κ3) is 9.66. The fraction of sp³-hybridized carbons (Fsp3) is 0.875. The van der Waals surface area contributed by atoms with E-state index in [1.807, 2.05) is 0 Å². The maximum absolute atomic E-state index is 11.0. The molecule has 0 heterocycles. The van der Waals surface area contributed by atoms with Gasteiger partial charge in [-0.2, -0.15) is 0 Å². The molecule has 0 aromatic heterocycles. The number of nitrogens with one attached hydrogen (secondary N) is 1. The first-order chi connectivity index (χ1) is 6.31. The molecule has 4 nitrogen and oxygen atoms in total. The quantitative estimate of drug-likeness (QED) is 0.544. The smallest absolute Gasteiger partial charge is 0.229 e. The standard InChI is InChI=1S/C8H17NO3S/c1-12-5-6-13-7-8(11)9-3-2-4-10/h10H,2-7H2,1H3,(H,9,11). The van der Waals surface area contributed by atoms with Crippen molar-refractivity contribution in [3.63, 3.8) is 0 Å². The highest BCUT2D eigenvalue weighted by Gasteiger charge is 1.99. The van der Waals surface area contributed by atoms with Crippen LogP contribution in [0.15, 0.2) is 0 Å². The minimum Gasteiger partial charge on any atom is -0.396 e. The molecule has 78 valence electrons. The first-order valence-corrected chi connectivity index (χ1v) is 5.41. The second-order valence-electron chi connectivity index (χ2n) is 2.47. The summed E-state index contributed by atoms with van der Waals surface area (Å²) in [5.41, 5.74) is 0. The molecular weight excluding hydrogens is 190 g/mol. The van der Waals surface area contributed by atoms with Crippen LogP contribution >= 0.6 is 11.8 Å². The Morgan fingerprint density at radius 3 is 3.00 bits per heavy atom. The van der Waals surface area contributed by atoms with Gasteiger partial charge in [-0.3, -0.25) is 4.79 Å². The Morgan fingerprint density at radius 1 is 1.62 bits per heavy atom. The Labute approximate surface area is 83.0 Å². The van der Waals surface area contributed by atoms with Crippen molar-refractivity contribution >= 4 is 17.7 Å². The van der Waals surface area contributed by atoms with Crippen LogP contribution in [0.3, 0.4) is 0 Å². The van der Waals surface area contributed by atoms with Crippen molar-refractivity contribution in [3.8, 4) is 0 Å². The number of carbonyl (C=O) groups is 1. The minimum atomic E-state index is 0.0227. The normalized spacial score (nSPS) is 10.0. The van der Waals surface area contributed by atoms with Crippen LogP contribution in [0.4, 0.5) is 0 Å². The van der Waals surface area contributed by atoms with Gasteiger partial charge in [-0.1, -0.05) is 0 Å². The Morgan fingerprint density at radius 2 is 2.38 bits per heavy atom. The summed E-state index contributed by atoms with van der Waals surface area (Å²) in [5.74, 6) is 1.33. The third-order valence-electron chi connectivity index (χ3n) is 1.32. The molecule has 0 aliphatic heterocycles. The Balaban J connectivity index is 3.11. The van der Waals surface area contributed by atoms with E-state index in [0.717, 1.165) is 5.75 Å². The molecule has 0 radical (unpaired) electrons. The van der Waals surface area contributed by atoms with Crippen LogP contribution in [0.25, 0.3) is 0 Å². The molecule has 0 aliphatic rings. The first-order valence-electron chi connectivity index (χ1n) is 4.25. The summed E-state index contributed by atoms with van der Waals surface area (Å²) < 4.78 is 4.84. The molecule has 0 rings (SSSR count). The van der Waals surface area contributed by atoms with Crippen molar-refractivity contribution in [2.75, 3.05) is 38.4 Å². The van der Waals surface area contributed by atoms with Crippen molar-refractivity contribution in [2.24, 2.45) is 0 Å². The monoisotopic (exact) mass is 207 g/mol. The van der Waals surface area contributed by atoms with Crippen LogP contribution in [-0.2, 0) is 9.53 Å². The van der Waals surface area contributed by atoms with Gasteiger partial charge in [0.2, 0.25) is 5.91 Å². The number of hydrogen-bond acceptors (Lipinski definition) is 4. The Kier molecular flexibility index (Phi) is 9.63. The van der Waals surface area contributed by atoms with Gasteiger partial charge >= 0.3 is 0 Å². The second-order valence-corrected chi connectivity index (χ2v) is 3.58. The van der Waals surface area contributed by atoms with Gasteiger partial charge < -0.3 is 15.2 Å². The summed E-state index contributed by atoms with van der Waals surface area (Å²) in [4.78, 5) is 11.0. The molecule has 0 bridgehead atoms. The van der Waals surface area contributed by atoms with E-state index in [-0.39, 0.29) is 12.5 Å². The molecule has 0 fully saturated rings. The average molecular weight is 207 g/mol. The summed E-state index contributed by atoms with van der Waals surface area (Å²) in [6.07, 6.45) is 0.620. The summed E-state index contributed by atoms with van der Waals surface area (Å²) >= 11 is 1.54. The molecule has 0 saturated heterocycles. The maximum Gasteiger partial charge on any atom is 0.229 e. The molecule has 1 amide bonds. The lowest BCUT2D eigenvalue weighted by Gasteiger charge is -2.03. The number of aliphatic hydroxyl groups is 1. The summed E-state index contributed by atoms with van der Waals surface area (Å²) in [6.45, 7) is 1.35. The van der Waals surface area contributed by atoms with Gasteiger partial charge in [0.25, 0.3) is 0 Å². The number of rotatable bonds is 8. The van der Waals surface area contributed by atoms with Crippen LogP contribution in [0.5, 0.6) is 0 Å². The fourth-order valence-electron chi connectivity index (χ4n) is 0.665. The van der Waals surface area contributed by atoms with Gasteiger partial charge in [0.15, 0.2) is 0 Å². The highest BCUT2D eigenvalue weighted by molar-refractivity contribution is 7.99. The van der Waals surface area contributed by atoms with Crippen molar-refractivity contribution in [3.05, 3.63) is 0 Å². The number of carbonyl (C=O) groups excluding carboxylic acids is 1. The SMILES string of the molecule is COCCSCC(=O)NCCCO. The molecule has 13 heavy (non-hydrogen) atoms. The highest BCUT2D eigenvalue weighted by Crippen LogP contribution is 1.97. The lowest BCUT2D eigenvalue weighted by molar-refractivity contribution is -0.118. The molecule has 0 aliphatic carbocycles. The van der Waals surface area contributed by atoms with E-state index < -0.39 is 0 Å². The number of aliphatic hydroxyl groups excluding tert-OH is 1. The number of amides is 1. The van der Waals surface area contributed by atoms with E-state index in [0.29, 0.717) is 25.3 Å². The van der Waals surface area contributed by atoms with E-state index in [2.05, 4.69) is 5.32 Å². The van der Waals surface area contributed by atoms with Crippen LogP contribution < -0.4 is 5.32 Å². The van der Waals surface area contributed by atoms with E-state index in [4.69, 9.17) is 9.84 Å². The molecule has 0 aromatic carbocycles. The zero-order chi connectivity index (χ0) is 9.94. The topological polar surface area (TPSA) is 58.6 Å². The molecule has 0 atom stereocenters. The van der Waals surface area contributed by atoms with Crippen LogP contribution in [-0.4, -0.2) is 49.4 Å². The number of ether oxygens (including phenoxy) is 1. The summed E-state index contributed by atoms with van der Waals surface area (Å²) in [6, 6.07) is 0. The number of thioether (sulfide) groups is 1. The Bertz CT molecular complexity index is 133. The summed E-state index contributed by atoms with van der Waals surface area (Å²) in [5, 5.41) is 11.2. The highest BCUT2D eigenvalue weighted by atomic mass is 32.2. The third-order valence-corrected chi connectivity index (χ3v) is 2.24. The molecule has 0 unspecified atom stereocenters. The van der Waals surface area contributed by atoms with Crippen molar-refractivity contribution < 1.29 is 14.6 Å². The molecule has 5 heteroatoms. The van der Waals surface area contributed by atoms with Crippen molar-refractivity contribution in [1.82, 2.24) is 5.32 Å². The van der Waals surface area contributed by atoms with Gasteiger partial charge in [-0.25, -0.2) is 0 Å². The molecular formula is C8H17NO3S. The van der Waals surface area contributed by atoms with Gasteiger partial charge in [0, 0.05) is 26.0 Å². The van der Waals surface area contributed by atoms with E-state index in [9.17, 15) is 4.79 Å². The Hall–Kier alpha value is -0.260. The van der Waals surface area contributed by atoms with Gasteiger partial charge in [0.05, 0.1) is 12.4 Å². The minimum absolute atomic E-state index is 0.0227. The van der Waals surface area contributed by atoms with Gasteiger partial charge in [-0.05, 0) is 6.42 Å². The number of methoxy groups -OCH3 is 1. The molecule has 0 saturated carbocycles. The lowest BCUT2D eigenvalue weighted by Crippen LogP contribution is -2.26.